The Morgan fingerprint density at radius 1 is 1.24 bits per heavy atom. The summed E-state index contributed by atoms with van der Waals surface area (Å²) < 4.78 is 0. The number of nitriles is 1. The second kappa shape index (κ2) is 12.5. The van der Waals surface area contributed by atoms with Gasteiger partial charge in [0.1, 0.15) is 0 Å². The van der Waals surface area contributed by atoms with E-state index >= 15 is 0 Å². The number of amides is 2. The largest absolute Gasteiger partial charge is 0.334 e. The van der Waals surface area contributed by atoms with Gasteiger partial charge in [-0.3, -0.25) is 14.9 Å². The van der Waals surface area contributed by atoms with E-state index in [0.717, 1.165) is 22.8 Å². The number of piperidine rings is 1. The predicted octanol–water partition coefficient (Wildman–Crippen LogP) is 4.79. The second-order valence-electron chi connectivity index (χ2n) is 8.31. The van der Waals surface area contributed by atoms with Gasteiger partial charge < -0.3 is 9.80 Å². The molecule has 6 nitrogen and oxygen atoms in total. The zero-order valence-corrected chi connectivity index (χ0v) is 21.6. The monoisotopic (exact) mass is 516 g/mol. The van der Waals surface area contributed by atoms with Gasteiger partial charge >= 0.3 is 0 Å². The molecule has 2 heterocycles. The Morgan fingerprint density at radius 3 is 2.50 bits per heavy atom. The zero-order valence-electron chi connectivity index (χ0n) is 19.1. The molecule has 9 heteroatoms. The molecule has 2 aromatic carbocycles. The summed E-state index contributed by atoms with van der Waals surface area (Å²) in [5.41, 5.74) is 1.10. The van der Waals surface area contributed by atoms with E-state index in [1.165, 1.54) is 0 Å². The van der Waals surface area contributed by atoms with Crippen LogP contribution in [0.25, 0.3) is 0 Å². The SMILES string of the molecule is CSCCC1NC2(CCN(C(=O)S)CC2)N(Cc2cccc(C#N)c2)C1=O.Clc1ccccc1. The summed E-state index contributed by atoms with van der Waals surface area (Å²) in [5.74, 6) is 1.02. The van der Waals surface area contributed by atoms with Crippen LogP contribution in [0, 0.1) is 11.3 Å². The van der Waals surface area contributed by atoms with Gasteiger partial charge in [-0.15, -0.1) is 0 Å². The average molecular weight is 517 g/mol. The van der Waals surface area contributed by atoms with Gasteiger partial charge in [0.25, 0.3) is 5.24 Å². The van der Waals surface area contributed by atoms with Crippen molar-refractivity contribution in [3.8, 4) is 6.07 Å². The molecule has 0 radical (unpaired) electrons. The lowest BCUT2D eigenvalue weighted by molar-refractivity contribution is -0.134. The van der Waals surface area contributed by atoms with Gasteiger partial charge in [-0.1, -0.05) is 54.6 Å². The van der Waals surface area contributed by atoms with Crippen molar-refractivity contribution in [3.05, 3.63) is 70.7 Å². The third-order valence-electron chi connectivity index (χ3n) is 6.13. The highest BCUT2D eigenvalue weighted by molar-refractivity contribution is 7.98. The van der Waals surface area contributed by atoms with Crippen LogP contribution in [0.1, 0.15) is 30.4 Å². The lowest BCUT2D eigenvalue weighted by atomic mass is 9.95. The highest BCUT2D eigenvalue weighted by Crippen LogP contribution is 2.35. The molecule has 2 saturated heterocycles. The summed E-state index contributed by atoms with van der Waals surface area (Å²) in [6.45, 7) is 1.62. The van der Waals surface area contributed by atoms with Gasteiger partial charge in [-0.05, 0) is 48.3 Å². The van der Waals surface area contributed by atoms with Gasteiger partial charge in [-0.2, -0.15) is 17.0 Å². The van der Waals surface area contributed by atoms with Crippen LogP contribution in [0.2, 0.25) is 5.02 Å². The van der Waals surface area contributed by atoms with Crippen LogP contribution in [0.4, 0.5) is 4.79 Å². The van der Waals surface area contributed by atoms with Crippen LogP contribution >= 0.6 is 36.0 Å². The molecule has 2 amide bonds. The van der Waals surface area contributed by atoms with Crippen molar-refractivity contribution >= 4 is 47.1 Å². The molecule has 0 saturated carbocycles. The molecule has 2 aliphatic rings. The minimum absolute atomic E-state index is 0.108. The summed E-state index contributed by atoms with van der Waals surface area (Å²) in [7, 11) is 0. The molecule has 4 rings (SSSR count). The fourth-order valence-electron chi connectivity index (χ4n) is 4.34. The highest BCUT2D eigenvalue weighted by atomic mass is 35.5. The van der Waals surface area contributed by atoms with E-state index in [4.69, 9.17) is 16.9 Å². The highest BCUT2D eigenvalue weighted by Gasteiger charge is 2.51. The summed E-state index contributed by atoms with van der Waals surface area (Å²) in [5, 5.41) is 13.3. The third-order valence-corrected chi connectivity index (χ3v) is 7.30. The van der Waals surface area contributed by atoms with Crippen LogP contribution in [0.3, 0.4) is 0 Å². The first kappa shape index (κ1) is 26.4. The van der Waals surface area contributed by atoms with Crippen molar-refractivity contribution in [1.82, 2.24) is 15.1 Å². The summed E-state index contributed by atoms with van der Waals surface area (Å²) in [4.78, 5) is 28.4. The molecule has 2 fully saturated rings. The van der Waals surface area contributed by atoms with Crippen LogP contribution in [0.5, 0.6) is 0 Å². The number of nitrogens with one attached hydrogen (secondary N) is 1. The Hall–Kier alpha value is -2.18. The number of benzene rings is 2. The molecular weight excluding hydrogens is 488 g/mol. The van der Waals surface area contributed by atoms with Crippen molar-refractivity contribution in [2.75, 3.05) is 25.1 Å². The molecule has 34 heavy (non-hydrogen) atoms. The zero-order chi connectivity index (χ0) is 24.6. The minimum atomic E-state index is -0.442. The van der Waals surface area contributed by atoms with Gasteiger partial charge in [-0.25, -0.2) is 0 Å². The maximum absolute atomic E-state index is 13.2. The number of hydrogen-bond acceptors (Lipinski definition) is 5. The Bertz CT molecular complexity index is 1020. The quantitative estimate of drug-likeness (QED) is 0.558. The topological polar surface area (TPSA) is 76.4 Å². The van der Waals surface area contributed by atoms with E-state index in [1.54, 1.807) is 22.7 Å². The number of hydrogen-bond donors (Lipinski definition) is 2. The Labute approximate surface area is 216 Å². The third kappa shape index (κ3) is 6.70. The predicted molar refractivity (Wildman–Crippen MR) is 141 cm³/mol. The Morgan fingerprint density at radius 2 is 1.94 bits per heavy atom. The molecule has 0 bridgehead atoms. The van der Waals surface area contributed by atoms with E-state index < -0.39 is 5.66 Å². The number of carbonyl (C=O) groups excluding carboxylic acids is 2. The van der Waals surface area contributed by atoms with Gasteiger partial charge in [0.2, 0.25) is 5.91 Å². The number of thiol groups is 1. The lowest BCUT2D eigenvalue weighted by Gasteiger charge is -2.44. The molecule has 2 aromatic rings. The first-order valence-corrected chi connectivity index (χ1v) is 13.4. The number of nitrogens with zero attached hydrogens (tertiary/aromatic N) is 3. The molecule has 0 aromatic heterocycles. The molecule has 1 N–H and O–H groups in total. The average Bonchev–Trinajstić information content (AvgIpc) is 3.09. The normalized spacial score (nSPS) is 18.9. The van der Waals surface area contributed by atoms with E-state index in [9.17, 15) is 9.59 Å². The molecule has 1 spiro atoms. The van der Waals surface area contributed by atoms with Crippen molar-refractivity contribution in [3.63, 3.8) is 0 Å². The summed E-state index contributed by atoms with van der Waals surface area (Å²) in [6, 6.07) is 18.8. The number of thioether (sulfide) groups is 1. The van der Waals surface area contributed by atoms with E-state index in [0.29, 0.717) is 38.0 Å². The smallest absolute Gasteiger partial charge is 0.278 e. The first-order chi connectivity index (χ1) is 16.4. The van der Waals surface area contributed by atoms with Gasteiger partial charge in [0, 0.05) is 37.5 Å². The number of carbonyl (C=O) groups is 2. The maximum Gasteiger partial charge on any atom is 0.278 e. The minimum Gasteiger partial charge on any atom is -0.334 e. The van der Waals surface area contributed by atoms with Crippen LogP contribution in [0.15, 0.2) is 54.6 Å². The van der Waals surface area contributed by atoms with Crippen molar-refractivity contribution < 1.29 is 9.59 Å². The molecular formula is C25H29ClN4O2S2. The van der Waals surface area contributed by atoms with Crippen molar-refractivity contribution in [2.45, 2.75) is 37.5 Å². The van der Waals surface area contributed by atoms with Gasteiger partial charge in [0.15, 0.2) is 0 Å². The maximum atomic E-state index is 13.2. The lowest BCUT2D eigenvalue weighted by Crippen LogP contribution is -2.58. The molecule has 1 unspecified atom stereocenters. The standard InChI is InChI=1S/C19H24N4O2S2.C6H5Cl/c1-27-10-5-16-17(24)23(13-15-4-2-3-14(11-15)12-20)19(21-16)6-8-22(9-7-19)18(25)26;7-6-4-2-1-3-5-6/h2-4,11,16,21H,5-10,13H2,1H3,(H,25,26);1-5H. The van der Waals surface area contributed by atoms with Crippen LogP contribution in [-0.2, 0) is 11.3 Å². The van der Waals surface area contributed by atoms with Crippen molar-refractivity contribution in [2.24, 2.45) is 0 Å². The fourth-order valence-corrected chi connectivity index (χ4v) is 5.16. The van der Waals surface area contributed by atoms with E-state index in [-0.39, 0.29) is 17.2 Å². The van der Waals surface area contributed by atoms with Crippen LogP contribution in [-0.4, -0.2) is 57.7 Å². The van der Waals surface area contributed by atoms with E-state index in [2.05, 4.69) is 24.0 Å². The molecule has 0 aliphatic carbocycles. The second-order valence-corrected chi connectivity index (χ2v) is 10.1. The Balaban J connectivity index is 0.000000396. The Kier molecular flexibility index (Phi) is 9.72. The molecule has 1 atom stereocenters. The summed E-state index contributed by atoms with van der Waals surface area (Å²) >= 11 is 11.2. The van der Waals surface area contributed by atoms with Gasteiger partial charge in [0.05, 0.1) is 23.3 Å². The van der Waals surface area contributed by atoms with E-state index in [1.807, 2.05) is 59.7 Å². The van der Waals surface area contributed by atoms with Crippen LogP contribution < -0.4 is 5.32 Å². The number of rotatable bonds is 5. The first-order valence-electron chi connectivity index (χ1n) is 11.1. The van der Waals surface area contributed by atoms with Crippen molar-refractivity contribution in [1.29, 1.82) is 5.26 Å². The fraction of sp³-hybridized carbons (Fsp3) is 0.400. The molecule has 180 valence electrons. The summed E-state index contributed by atoms with van der Waals surface area (Å²) in [6.07, 6.45) is 4.18. The number of halogens is 1. The molecule has 2 aliphatic heterocycles. The number of likely N-dealkylation sites (tertiary alicyclic amines) is 1.